The second-order valence-corrected chi connectivity index (χ2v) is 6.20. The third-order valence-electron chi connectivity index (χ3n) is 4.82. The molecule has 0 saturated carbocycles. The molecule has 0 unspecified atom stereocenters. The third kappa shape index (κ3) is 2.40. The largest absolute Gasteiger partial charge is 0.349 e. The Balaban J connectivity index is 1.36. The van der Waals surface area contributed by atoms with Gasteiger partial charge < -0.3 is 9.88 Å². The molecular formula is C17H20N4O. The van der Waals surface area contributed by atoms with Crippen LogP contribution in [0.15, 0.2) is 24.3 Å². The second-order valence-electron chi connectivity index (χ2n) is 6.20. The molecule has 114 valence electrons. The van der Waals surface area contributed by atoms with Gasteiger partial charge in [-0.3, -0.25) is 4.79 Å². The number of aromatic nitrogens is 3. The normalized spacial score (nSPS) is 19.0. The highest BCUT2D eigenvalue weighted by Crippen LogP contribution is 2.35. The first-order chi connectivity index (χ1) is 10.8. The fraction of sp³-hybridized carbons (Fsp3) is 0.471. The summed E-state index contributed by atoms with van der Waals surface area (Å²) in [5.74, 6) is 2.40. The van der Waals surface area contributed by atoms with Crippen LogP contribution in [0.5, 0.6) is 0 Å². The number of fused-ring (bicyclic) bond motifs is 2. The lowest BCUT2D eigenvalue weighted by Crippen LogP contribution is -2.25. The lowest BCUT2D eigenvalue weighted by molar-refractivity contribution is -0.121. The molecule has 5 heteroatoms. The average molecular weight is 296 g/mol. The summed E-state index contributed by atoms with van der Waals surface area (Å²) >= 11 is 0. The quantitative estimate of drug-likeness (QED) is 0.938. The van der Waals surface area contributed by atoms with E-state index < -0.39 is 0 Å². The van der Waals surface area contributed by atoms with Crippen molar-refractivity contribution in [1.82, 2.24) is 20.1 Å². The molecule has 0 bridgehead atoms. The van der Waals surface area contributed by atoms with Crippen molar-refractivity contribution in [2.75, 3.05) is 0 Å². The number of hydrogen-bond donors (Lipinski definition) is 1. The molecule has 1 N–H and O–H groups in total. The SMILES string of the molecule is O=C(C[C@H]1CCc2ccccc21)NCc1nnc2n1CCC2. The summed E-state index contributed by atoms with van der Waals surface area (Å²) in [7, 11) is 0. The van der Waals surface area contributed by atoms with Crippen molar-refractivity contribution in [3.63, 3.8) is 0 Å². The molecule has 0 spiro atoms. The highest BCUT2D eigenvalue weighted by molar-refractivity contribution is 5.77. The van der Waals surface area contributed by atoms with Gasteiger partial charge in [-0.2, -0.15) is 0 Å². The van der Waals surface area contributed by atoms with E-state index in [4.69, 9.17) is 0 Å². The van der Waals surface area contributed by atoms with Crippen molar-refractivity contribution in [2.24, 2.45) is 0 Å². The van der Waals surface area contributed by atoms with Gasteiger partial charge in [-0.1, -0.05) is 24.3 Å². The molecule has 22 heavy (non-hydrogen) atoms. The van der Waals surface area contributed by atoms with Gasteiger partial charge in [0.1, 0.15) is 5.82 Å². The number of nitrogens with one attached hydrogen (secondary N) is 1. The van der Waals surface area contributed by atoms with E-state index in [2.05, 4.69) is 44.3 Å². The maximum absolute atomic E-state index is 12.2. The van der Waals surface area contributed by atoms with Crippen LogP contribution < -0.4 is 5.32 Å². The van der Waals surface area contributed by atoms with Crippen molar-refractivity contribution in [2.45, 2.75) is 51.1 Å². The summed E-state index contributed by atoms with van der Waals surface area (Å²) < 4.78 is 2.13. The standard InChI is InChI=1S/C17H20N4O/c22-17(10-13-8-7-12-4-1-2-5-14(12)13)18-11-16-20-19-15-6-3-9-21(15)16/h1-2,4-5,13H,3,6-11H2,(H,18,22)/t13-/m1/s1. The number of carbonyl (C=O) groups is 1. The van der Waals surface area contributed by atoms with Crippen LogP contribution in [0.25, 0.3) is 0 Å². The molecule has 1 aromatic heterocycles. The minimum Gasteiger partial charge on any atom is -0.349 e. The van der Waals surface area contributed by atoms with Gasteiger partial charge in [0.2, 0.25) is 5.91 Å². The summed E-state index contributed by atoms with van der Waals surface area (Å²) in [4.78, 5) is 12.2. The van der Waals surface area contributed by atoms with E-state index in [0.717, 1.165) is 43.9 Å². The molecule has 2 heterocycles. The predicted octanol–water partition coefficient (Wildman–Crippen LogP) is 1.96. The van der Waals surface area contributed by atoms with Gasteiger partial charge in [0.15, 0.2) is 5.82 Å². The van der Waals surface area contributed by atoms with Gasteiger partial charge in [0.25, 0.3) is 0 Å². The number of amides is 1. The minimum atomic E-state index is 0.108. The van der Waals surface area contributed by atoms with Crippen molar-refractivity contribution < 1.29 is 4.79 Å². The number of aryl methyl sites for hydroxylation is 2. The zero-order valence-corrected chi connectivity index (χ0v) is 12.6. The summed E-state index contributed by atoms with van der Waals surface area (Å²) in [5, 5.41) is 11.4. The Morgan fingerprint density at radius 3 is 3.14 bits per heavy atom. The molecule has 1 atom stereocenters. The van der Waals surface area contributed by atoms with Crippen molar-refractivity contribution in [3.8, 4) is 0 Å². The maximum atomic E-state index is 12.2. The third-order valence-corrected chi connectivity index (χ3v) is 4.82. The van der Waals surface area contributed by atoms with Crippen LogP contribution in [0, 0.1) is 0 Å². The van der Waals surface area contributed by atoms with Crippen molar-refractivity contribution in [3.05, 3.63) is 47.0 Å². The van der Waals surface area contributed by atoms with Gasteiger partial charge in [-0.05, 0) is 36.3 Å². The summed E-state index contributed by atoms with van der Waals surface area (Å²) in [6, 6.07) is 8.47. The molecule has 5 nitrogen and oxygen atoms in total. The number of hydrogen-bond acceptors (Lipinski definition) is 3. The van der Waals surface area contributed by atoms with Crippen LogP contribution in [0.4, 0.5) is 0 Å². The maximum Gasteiger partial charge on any atom is 0.220 e. The Kier molecular flexibility index (Phi) is 3.41. The van der Waals surface area contributed by atoms with Crippen LogP contribution >= 0.6 is 0 Å². The molecule has 1 aromatic carbocycles. The number of benzene rings is 1. The molecule has 1 aliphatic heterocycles. The van der Waals surface area contributed by atoms with E-state index in [0.29, 0.717) is 18.9 Å². The molecule has 2 aromatic rings. The predicted molar refractivity (Wildman–Crippen MR) is 82.3 cm³/mol. The summed E-state index contributed by atoms with van der Waals surface area (Å²) in [6.07, 6.45) is 4.86. The highest BCUT2D eigenvalue weighted by Gasteiger charge is 2.24. The number of rotatable bonds is 4. The summed E-state index contributed by atoms with van der Waals surface area (Å²) in [6.45, 7) is 1.46. The Labute approximate surface area is 129 Å². The number of carbonyl (C=O) groups excluding carboxylic acids is 1. The van der Waals surface area contributed by atoms with E-state index in [9.17, 15) is 4.79 Å². The van der Waals surface area contributed by atoms with Crippen molar-refractivity contribution in [1.29, 1.82) is 0 Å². The molecule has 1 aliphatic carbocycles. The van der Waals surface area contributed by atoms with Gasteiger partial charge in [0, 0.05) is 19.4 Å². The Morgan fingerprint density at radius 1 is 1.27 bits per heavy atom. The van der Waals surface area contributed by atoms with Gasteiger partial charge >= 0.3 is 0 Å². The van der Waals surface area contributed by atoms with Crippen LogP contribution in [0.2, 0.25) is 0 Å². The van der Waals surface area contributed by atoms with E-state index in [1.807, 2.05) is 0 Å². The van der Waals surface area contributed by atoms with Gasteiger partial charge in [-0.15, -0.1) is 10.2 Å². The average Bonchev–Trinajstić information content (AvgIpc) is 3.22. The molecule has 0 fully saturated rings. The lowest BCUT2D eigenvalue weighted by Gasteiger charge is -2.11. The van der Waals surface area contributed by atoms with E-state index in [1.165, 1.54) is 11.1 Å². The van der Waals surface area contributed by atoms with Gasteiger partial charge in [-0.25, -0.2) is 0 Å². The summed E-state index contributed by atoms with van der Waals surface area (Å²) in [5.41, 5.74) is 2.75. The highest BCUT2D eigenvalue weighted by atomic mass is 16.1. The van der Waals surface area contributed by atoms with Crippen LogP contribution in [-0.4, -0.2) is 20.7 Å². The van der Waals surface area contributed by atoms with Crippen molar-refractivity contribution >= 4 is 5.91 Å². The Bertz CT molecular complexity index is 706. The van der Waals surface area contributed by atoms with E-state index in [1.54, 1.807) is 0 Å². The smallest absolute Gasteiger partial charge is 0.220 e. The van der Waals surface area contributed by atoms with Gasteiger partial charge in [0.05, 0.1) is 6.54 Å². The molecular weight excluding hydrogens is 276 g/mol. The Hall–Kier alpha value is -2.17. The Morgan fingerprint density at radius 2 is 2.18 bits per heavy atom. The second kappa shape index (κ2) is 5.55. The first kappa shape index (κ1) is 13.5. The monoisotopic (exact) mass is 296 g/mol. The van der Waals surface area contributed by atoms with Crippen LogP contribution in [0.1, 0.15) is 48.0 Å². The molecule has 0 radical (unpaired) electrons. The molecule has 1 amide bonds. The molecule has 4 rings (SSSR count). The number of nitrogens with zero attached hydrogens (tertiary/aromatic N) is 3. The zero-order chi connectivity index (χ0) is 14.9. The zero-order valence-electron chi connectivity index (χ0n) is 12.6. The van der Waals surface area contributed by atoms with Crippen LogP contribution in [0.3, 0.4) is 0 Å². The molecule has 0 saturated heterocycles. The molecule has 2 aliphatic rings. The topological polar surface area (TPSA) is 59.8 Å². The fourth-order valence-corrected chi connectivity index (χ4v) is 3.67. The van der Waals surface area contributed by atoms with Crippen LogP contribution in [-0.2, 0) is 30.7 Å². The minimum absolute atomic E-state index is 0.108. The fourth-order valence-electron chi connectivity index (χ4n) is 3.67. The lowest BCUT2D eigenvalue weighted by atomic mass is 9.97. The van der Waals surface area contributed by atoms with E-state index >= 15 is 0 Å². The first-order valence-corrected chi connectivity index (χ1v) is 8.07. The van der Waals surface area contributed by atoms with E-state index in [-0.39, 0.29) is 5.91 Å². The first-order valence-electron chi connectivity index (χ1n) is 8.07.